The summed E-state index contributed by atoms with van der Waals surface area (Å²) < 4.78 is 2.00. The van der Waals surface area contributed by atoms with Crippen molar-refractivity contribution in [2.45, 2.75) is 43.4 Å². The molecule has 0 bridgehead atoms. The summed E-state index contributed by atoms with van der Waals surface area (Å²) in [5.41, 5.74) is 0. The zero-order chi connectivity index (χ0) is 14.7. The second-order valence-electron chi connectivity index (χ2n) is 6.13. The van der Waals surface area contributed by atoms with Crippen LogP contribution >= 0.6 is 11.8 Å². The van der Waals surface area contributed by atoms with Crippen LogP contribution in [0, 0.1) is 0 Å². The van der Waals surface area contributed by atoms with Gasteiger partial charge in [0.15, 0.2) is 0 Å². The van der Waals surface area contributed by atoms with Gasteiger partial charge in [-0.05, 0) is 44.9 Å². The van der Waals surface area contributed by atoms with Gasteiger partial charge in [0.25, 0.3) is 5.91 Å². The van der Waals surface area contributed by atoms with Crippen molar-refractivity contribution in [3.63, 3.8) is 0 Å². The summed E-state index contributed by atoms with van der Waals surface area (Å²) in [7, 11) is 0. The van der Waals surface area contributed by atoms with E-state index >= 15 is 0 Å². The lowest BCUT2D eigenvalue weighted by Crippen LogP contribution is -2.37. The van der Waals surface area contributed by atoms with Crippen LogP contribution in [-0.4, -0.2) is 50.8 Å². The van der Waals surface area contributed by atoms with Crippen molar-refractivity contribution in [2.24, 2.45) is 0 Å². The summed E-state index contributed by atoms with van der Waals surface area (Å²) in [5, 5.41) is 10.7. The Kier molecular flexibility index (Phi) is 4.49. The molecule has 2 fully saturated rings. The molecule has 2 N–H and O–H groups in total. The summed E-state index contributed by atoms with van der Waals surface area (Å²) in [6.07, 6.45) is 6.30. The Morgan fingerprint density at radius 1 is 1.62 bits per heavy atom. The maximum Gasteiger partial charge on any atom is 0.291 e. The van der Waals surface area contributed by atoms with Gasteiger partial charge in [0, 0.05) is 17.8 Å². The van der Waals surface area contributed by atoms with Gasteiger partial charge in [0.05, 0.1) is 6.04 Å². The van der Waals surface area contributed by atoms with Crippen molar-refractivity contribution >= 4 is 17.7 Å². The molecule has 3 heterocycles. The molecular formula is C14H23N5OS. The average molecular weight is 309 g/mol. The fourth-order valence-corrected chi connectivity index (χ4v) is 4.18. The SMILES string of the molecule is C[C@@]1(CNC(=O)c2ncn([C@@H]3CCCNC3)n2)CCCS1. The van der Waals surface area contributed by atoms with Crippen LogP contribution in [0.5, 0.6) is 0 Å². The zero-order valence-electron chi connectivity index (χ0n) is 12.5. The molecule has 0 unspecified atom stereocenters. The number of nitrogens with one attached hydrogen (secondary N) is 2. The predicted octanol–water partition coefficient (Wildman–Crippen LogP) is 1.22. The van der Waals surface area contributed by atoms with Gasteiger partial charge in [-0.1, -0.05) is 0 Å². The summed E-state index contributed by atoms with van der Waals surface area (Å²) >= 11 is 1.94. The quantitative estimate of drug-likeness (QED) is 0.875. The predicted molar refractivity (Wildman–Crippen MR) is 83.6 cm³/mol. The van der Waals surface area contributed by atoms with Crippen LogP contribution in [0.25, 0.3) is 0 Å². The molecule has 3 rings (SSSR count). The highest BCUT2D eigenvalue weighted by molar-refractivity contribution is 8.00. The minimum atomic E-state index is -0.161. The van der Waals surface area contributed by atoms with Crippen LogP contribution in [-0.2, 0) is 0 Å². The van der Waals surface area contributed by atoms with Crippen LogP contribution in [0.2, 0.25) is 0 Å². The van der Waals surface area contributed by atoms with Crippen LogP contribution < -0.4 is 10.6 Å². The highest BCUT2D eigenvalue weighted by Gasteiger charge is 2.30. The normalized spacial score (nSPS) is 29.5. The molecule has 1 aromatic rings. The molecule has 0 spiro atoms. The maximum absolute atomic E-state index is 12.2. The Labute approximate surface area is 129 Å². The maximum atomic E-state index is 12.2. The van der Waals surface area contributed by atoms with Crippen LogP contribution in [0.1, 0.15) is 49.3 Å². The first-order valence-electron chi connectivity index (χ1n) is 7.70. The minimum Gasteiger partial charge on any atom is -0.348 e. The van der Waals surface area contributed by atoms with E-state index in [1.54, 1.807) is 6.33 Å². The van der Waals surface area contributed by atoms with E-state index in [1.807, 2.05) is 16.4 Å². The number of hydrogen-bond donors (Lipinski definition) is 2. The van der Waals surface area contributed by atoms with Crippen molar-refractivity contribution in [2.75, 3.05) is 25.4 Å². The van der Waals surface area contributed by atoms with Gasteiger partial charge in [0.2, 0.25) is 5.82 Å². The van der Waals surface area contributed by atoms with Gasteiger partial charge in [-0.15, -0.1) is 5.10 Å². The largest absolute Gasteiger partial charge is 0.348 e. The zero-order valence-corrected chi connectivity index (χ0v) is 13.3. The molecule has 0 saturated carbocycles. The lowest BCUT2D eigenvalue weighted by molar-refractivity contribution is 0.0939. The van der Waals surface area contributed by atoms with Crippen molar-refractivity contribution in [3.05, 3.63) is 12.2 Å². The molecule has 7 heteroatoms. The van der Waals surface area contributed by atoms with E-state index in [1.165, 1.54) is 12.2 Å². The first kappa shape index (κ1) is 14.8. The number of nitrogens with zero attached hydrogens (tertiary/aromatic N) is 3. The second kappa shape index (κ2) is 6.36. The van der Waals surface area contributed by atoms with Crippen LogP contribution in [0.3, 0.4) is 0 Å². The Bertz CT molecular complexity index is 491. The van der Waals surface area contributed by atoms with Crippen molar-refractivity contribution in [1.82, 2.24) is 25.4 Å². The average Bonchev–Trinajstić information content (AvgIpc) is 3.16. The number of aromatic nitrogens is 3. The lowest BCUT2D eigenvalue weighted by atomic mass is 10.1. The van der Waals surface area contributed by atoms with E-state index in [0.717, 1.165) is 32.4 Å². The van der Waals surface area contributed by atoms with E-state index in [9.17, 15) is 4.79 Å². The van der Waals surface area contributed by atoms with Crippen molar-refractivity contribution < 1.29 is 4.79 Å². The number of carbonyl (C=O) groups excluding carboxylic acids is 1. The summed E-state index contributed by atoms with van der Waals surface area (Å²) in [6, 6.07) is 0.315. The van der Waals surface area contributed by atoms with Crippen molar-refractivity contribution in [3.8, 4) is 0 Å². The Morgan fingerprint density at radius 2 is 2.52 bits per heavy atom. The molecule has 0 aromatic carbocycles. The number of thioether (sulfide) groups is 1. The first-order valence-corrected chi connectivity index (χ1v) is 8.69. The molecule has 116 valence electrons. The summed E-state index contributed by atoms with van der Waals surface area (Å²) in [5.74, 6) is 1.31. The topological polar surface area (TPSA) is 71.8 Å². The lowest BCUT2D eigenvalue weighted by Gasteiger charge is -2.22. The van der Waals surface area contributed by atoms with Crippen molar-refractivity contribution in [1.29, 1.82) is 0 Å². The van der Waals surface area contributed by atoms with E-state index in [4.69, 9.17) is 0 Å². The number of piperidine rings is 1. The molecule has 0 radical (unpaired) electrons. The highest BCUT2D eigenvalue weighted by Crippen LogP contribution is 2.36. The third kappa shape index (κ3) is 3.58. The molecule has 0 aliphatic carbocycles. The third-order valence-corrected chi connectivity index (χ3v) is 5.82. The standard InChI is InChI=1S/C14H23N5OS/c1-14(5-3-7-21-14)9-16-13(20)12-17-10-19(18-12)11-4-2-6-15-8-11/h10-11,15H,2-9H2,1H3,(H,16,20)/t11-,14+/m1/s1. The summed E-state index contributed by atoms with van der Waals surface area (Å²) in [4.78, 5) is 16.3. The van der Waals surface area contributed by atoms with Gasteiger partial charge < -0.3 is 10.6 Å². The van der Waals surface area contributed by atoms with Gasteiger partial charge in [0.1, 0.15) is 6.33 Å². The van der Waals surface area contributed by atoms with Crippen LogP contribution in [0.4, 0.5) is 0 Å². The Morgan fingerprint density at radius 3 is 3.24 bits per heavy atom. The molecule has 2 aliphatic heterocycles. The minimum absolute atomic E-state index is 0.161. The van der Waals surface area contributed by atoms with E-state index in [2.05, 4.69) is 27.6 Å². The third-order valence-electron chi connectivity index (χ3n) is 4.28. The van der Waals surface area contributed by atoms with Gasteiger partial charge in [-0.3, -0.25) is 4.79 Å². The van der Waals surface area contributed by atoms with Gasteiger partial charge in [-0.25, -0.2) is 9.67 Å². The molecule has 2 aliphatic rings. The summed E-state index contributed by atoms with van der Waals surface area (Å²) in [6.45, 7) is 4.87. The van der Waals surface area contributed by atoms with E-state index < -0.39 is 0 Å². The van der Waals surface area contributed by atoms with E-state index in [0.29, 0.717) is 12.6 Å². The van der Waals surface area contributed by atoms with E-state index in [-0.39, 0.29) is 16.5 Å². The molecule has 1 amide bonds. The molecular weight excluding hydrogens is 286 g/mol. The van der Waals surface area contributed by atoms with Crippen LogP contribution in [0.15, 0.2) is 6.33 Å². The van der Waals surface area contributed by atoms with Gasteiger partial charge >= 0.3 is 0 Å². The molecule has 2 saturated heterocycles. The Hall–Kier alpha value is -1.08. The fraction of sp³-hybridized carbons (Fsp3) is 0.786. The fourth-order valence-electron chi connectivity index (χ4n) is 2.94. The monoisotopic (exact) mass is 309 g/mol. The number of carbonyl (C=O) groups is 1. The first-order chi connectivity index (χ1) is 10.2. The highest BCUT2D eigenvalue weighted by atomic mass is 32.2. The number of amides is 1. The number of hydrogen-bond acceptors (Lipinski definition) is 5. The molecule has 21 heavy (non-hydrogen) atoms. The molecule has 1 aromatic heterocycles. The second-order valence-corrected chi connectivity index (χ2v) is 7.82. The smallest absolute Gasteiger partial charge is 0.291 e. The molecule has 6 nitrogen and oxygen atoms in total. The van der Waals surface area contributed by atoms with Gasteiger partial charge in [-0.2, -0.15) is 11.8 Å². The number of rotatable bonds is 4. The Balaban J connectivity index is 1.56. The molecule has 2 atom stereocenters.